The third kappa shape index (κ3) is 3.12. The van der Waals surface area contributed by atoms with Crippen molar-refractivity contribution >= 4 is 11.8 Å². The Morgan fingerprint density at radius 3 is 2.74 bits per heavy atom. The van der Waals surface area contributed by atoms with Crippen molar-refractivity contribution < 1.29 is 9.47 Å². The summed E-state index contributed by atoms with van der Waals surface area (Å²) in [5, 5.41) is 3.85. The lowest BCUT2D eigenvalue weighted by atomic mass is 9.89. The molecule has 2 atom stereocenters. The van der Waals surface area contributed by atoms with Crippen LogP contribution in [0.2, 0.25) is 0 Å². The molecule has 0 radical (unpaired) electrons. The highest BCUT2D eigenvalue weighted by atomic mass is 32.2. The molecule has 0 aromatic heterocycles. The fraction of sp³-hybridized carbons (Fsp3) is 1.00. The standard InChI is InChI=1S/C15H27NO2S/c1-19-15(5-2-3-6-15)11-16-13-4-8-18-14(10-13)7-9-17-12-14/h13,16H,2-12H2,1H3. The molecule has 3 aliphatic rings. The summed E-state index contributed by atoms with van der Waals surface area (Å²) in [5.41, 5.74) is 0.0398. The maximum Gasteiger partial charge on any atom is 0.0951 e. The van der Waals surface area contributed by atoms with Crippen molar-refractivity contribution in [1.29, 1.82) is 0 Å². The fourth-order valence-electron chi connectivity index (χ4n) is 3.87. The quantitative estimate of drug-likeness (QED) is 0.860. The normalized spacial score (nSPS) is 38.1. The number of thioether (sulfide) groups is 1. The Hall–Kier alpha value is 0.230. The van der Waals surface area contributed by atoms with Gasteiger partial charge in [-0.05, 0) is 31.9 Å². The lowest BCUT2D eigenvalue weighted by molar-refractivity contribution is -0.0894. The summed E-state index contributed by atoms with van der Waals surface area (Å²) >= 11 is 2.07. The molecular formula is C15H27NO2S. The van der Waals surface area contributed by atoms with Crippen LogP contribution in [-0.2, 0) is 9.47 Å². The summed E-state index contributed by atoms with van der Waals surface area (Å²) in [6, 6.07) is 0.625. The van der Waals surface area contributed by atoms with Crippen LogP contribution < -0.4 is 5.32 Å². The number of rotatable bonds is 4. The summed E-state index contributed by atoms with van der Waals surface area (Å²) in [6.07, 6.45) is 11.3. The van der Waals surface area contributed by atoms with E-state index in [9.17, 15) is 0 Å². The summed E-state index contributed by atoms with van der Waals surface area (Å²) in [7, 11) is 0. The Kier molecular flexibility index (Phi) is 4.42. The smallest absolute Gasteiger partial charge is 0.0951 e. The first-order chi connectivity index (χ1) is 9.26. The Morgan fingerprint density at radius 1 is 1.21 bits per heavy atom. The SMILES string of the molecule is CSC1(CNC2CCOC3(CCOC3)C2)CCCC1. The third-order valence-corrected chi connectivity index (χ3v) is 6.64. The zero-order chi connectivity index (χ0) is 13.2. The predicted molar refractivity (Wildman–Crippen MR) is 79.9 cm³/mol. The Balaban J connectivity index is 1.52. The Labute approximate surface area is 121 Å². The largest absolute Gasteiger partial charge is 0.378 e. The van der Waals surface area contributed by atoms with Crippen molar-refractivity contribution in [1.82, 2.24) is 5.32 Å². The van der Waals surface area contributed by atoms with E-state index < -0.39 is 0 Å². The van der Waals surface area contributed by atoms with Gasteiger partial charge in [-0.25, -0.2) is 0 Å². The van der Waals surface area contributed by atoms with Crippen LogP contribution in [0.3, 0.4) is 0 Å². The van der Waals surface area contributed by atoms with E-state index in [1.54, 1.807) is 0 Å². The first-order valence-electron chi connectivity index (χ1n) is 7.76. The van der Waals surface area contributed by atoms with Gasteiger partial charge in [-0.3, -0.25) is 0 Å². The van der Waals surface area contributed by atoms with Crippen LogP contribution in [-0.4, -0.2) is 49.0 Å². The van der Waals surface area contributed by atoms with Gasteiger partial charge in [0.05, 0.1) is 12.2 Å². The summed E-state index contributed by atoms with van der Waals surface area (Å²) < 4.78 is 12.1. The molecular weight excluding hydrogens is 258 g/mol. The predicted octanol–water partition coefficient (Wildman–Crippen LogP) is 2.59. The van der Waals surface area contributed by atoms with E-state index in [0.717, 1.165) is 39.1 Å². The van der Waals surface area contributed by atoms with Crippen LogP contribution in [0.4, 0.5) is 0 Å². The van der Waals surface area contributed by atoms with Crippen LogP contribution in [0.25, 0.3) is 0 Å². The van der Waals surface area contributed by atoms with Crippen molar-refractivity contribution in [2.45, 2.75) is 61.3 Å². The molecule has 2 aliphatic heterocycles. The molecule has 2 saturated heterocycles. The summed E-state index contributed by atoms with van der Waals surface area (Å²) in [4.78, 5) is 0. The van der Waals surface area contributed by atoms with Crippen molar-refractivity contribution in [2.75, 3.05) is 32.6 Å². The molecule has 3 nitrogen and oxygen atoms in total. The molecule has 0 bridgehead atoms. The average Bonchev–Trinajstić information content (AvgIpc) is 3.07. The summed E-state index contributed by atoms with van der Waals surface area (Å²) in [5.74, 6) is 0. The van der Waals surface area contributed by atoms with Crippen LogP contribution in [0.15, 0.2) is 0 Å². The molecule has 4 heteroatoms. The van der Waals surface area contributed by atoms with Crippen LogP contribution >= 0.6 is 11.8 Å². The van der Waals surface area contributed by atoms with E-state index in [1.165, 1.54) is 32.2 Å². The molecule has 110 valence electrons. The lowest BCUT2D eigenvalue weighted by Gasteiger charge is -2.39. The number of nitrogens with one attached hydrogen (secondary N) is 1. The Bertz CT molecular complexity index is 299. The highest BCUT2D eigenvalue weighted by Crippen LogP contribution is 2.40. The third-order valence-electron chi connectivity index (χ3n) is 5.22. The Morgan fingerprint density at radius 2 is 2.05 bits per heavy atom. The molecule has 1 N–H and O–H groups in total. The monoisotopic (exact) mass is 285 g/mol. The molecule has 1 aliphatic carbocycles. The molecule has 1 spiro atoms. The van der Waals surface area contributed by atoms with E-state index in [1.807, 2.05) is 0 Å². The minimum absolute atomic E-state index is 0.0398. The number of hydrogen-bond donors (Lipinski definition) is 1. The fourth-order valence-corrected chi connectivity index (χ4v) is 4.79. The van der Waals surface area contributed by atoms with Gasteiger partial charge >= 0.3 is 0 Å². The van der Waals surface area contributed by atoms with E-state index >= 15 is 0 Å². The van der Waals surface area contributed by atoms with Gasteiger partial charge in [-0.15, -0.1) is 0 Å². The maximum atomic E-state index is 6.01. The molecule has 2 unspecified atom stereocenters. The van der Waals surface area contributed by atoms with E-state index in [-0.39, 0.29) is 5.60 Å². The van der Waals surface area contributed by atoms with Gasteiger partial charge < -0.3 is 14.8 Å². The molecule has 3 fully saturated rings. The van der Waals surface area contributed by atoms with Gasteiger partial charge in [0.25, 0.3) is 0 Å². The van der Waals surface area contributed by atoms with Crippen molar-refractivity contribution in [3.63, 3.8) is 0 Å². The van der Waals surface area contributed by atoms with Crippen LogP contribution in [0.1, 0.15) is 44.9 Å². The van der Waals surface area contributed by atoms with E-state index in [0.29, 0.717) is 10.8 Å². The molecule has 1 saturated carbocycles. The second-order valence-electron chi connectivity index (χ2n) is 6.50. The zero-order valence-corrected chi connectivity index (χ0v) is 12.9. The van der Waals surface area contributed by atoms with Crippen LogP contribution in [0.5, 0.6) is 0 Å². The molecule has 3 rings (SSSR count). The van der Waals surface area contributed by atoms with E-state index in [2.05, 4.69) is 23.3 Å². The lowest BCUT2D eigenvalue weighted by Crippen LogP contribution is -2.50. The maximum absolute atomic E-state index is 6.01. The number of hydrogen-bond acceptors (Lipinski definition) is 4. The van der Waals surface area contributed by atoms with Gasteiger partial charge in [0.15, 0.2) is 0 Å². The minimum atomic E-state index is 0.0398. The minimum Gasteiger partial charge on any atom is -0.378 e. The van der Waals surface area contributed by atoms with Gasteiger partial charge in [0.1, 0.15) is 0 Å². The van der Waals surface area contributed by atoms with Crippen molar-refractivity contribution in [3.05, 3.63) is 0 Å². The second kappa shape index (κ2) is 5.92. The van der Waals surface area contributed by atoms with Gasteiger partial charge in [-0.1, -0.05) is 12.8 Å². The van der Waals surface area contributed by atoms with Crippen molar-refractivity contribution in [2.24, 2.45) is 0 Å². The molecule has 0 aromatic rings. The van der Waals surface area contributed by atoms with Gasteiger partial charge in [0, 0.05) is 37.0 Å². The second-order valence-corrected chi connectivity index (χ2v) is 7.77. The molecule has 0 aromatic carbocycles. The zero-order valence-electron chi connectivity index (χ0n) is 12.1. The first kappa shape index (κ1) is 14.2. The average molecular weight is 285 g/mol. The van der Waals surface area contributed by atoms with Crippen LogP contribution in [0, 0.1) is 0 Å². The van der Waals surface area contributed by atoms with Gasteiger partial charge in [-0.2, -0.15) is 11.8 Å². The molecule has 2 heterocycles. The molecule has 19 heavy (non-hydrogen) atoms. The summed E-state index contributed by atoms with van der Waals surface area (Å²) in [6.45, 7) is 3.75. The number of ether oxygens (including phenoxy) is 2. The van der Waals surface area contributed by atoms with E-state index in [4.69, 9.17) is 9.47 Å². The van der Waals surface area contributed by atoms with Crippen molar-refractivity contribution in [3.8, 4) is 0 Å². The highest BCUT2D eigenvalue weighted by Gasteiger charge is 2.41. The highest BCUT2D eigenvalue weighted by molar-refractivity contribution is 8.00. The molecule has 0 amide bonds. The topological polar surface area (TPSA) is 30.5 Å². The van der Waals surface area contributed by atoms with Gasteiger partial charge in [0.2, 0.25) is 0 Å². The first-order valence-corrected chi connectivity index (χ1v) is 8.99.